The van der Waals surface area contributed by atoms with E-state index in [4.69, 9.17) is 0 Å². The van der Waals surface area contributed by atoms with Crippen LogP contribution in [0.3, 0.4) is 0 Å². The molecule has 0 spiro atoms. The molecule has 2 atom stereocenters. The Kier molecular flexibility index (Phi) is 4.52. The van der Waals surface area contributed by atoms with E-state index in [1.807, 2.05) is 12.1 Å². The first-order valence-corrected chi connectivity index (χ1v) is 7.79. The Morgan fingerprint density at radius 1 is 1.10 bits per heavy atom. The van der Waals surface area contributed by atoms with Gasteiger partial charge in [0, 0.05) is 11.6 Å². The summed E-state index contributed by atoms with van der Waals surface area (Å²) in [5.41, 5.74) is 2.17. The minimum atomic E-state index is 0.0733. The first kappa shape index (κ1) is 15.1. The van der Waals surface area contributed by atoms with Gasteiger partial charge in [0.25, 0.3) is 5.91 Å². The van der Waals surface area contributed by atoms with E-state index in [2.05, 4.69) is 45.1 Å². The zero-order valence-corrected chi connectivity index (χ0v) is 13.2. The topological polar surface area (TPSA) is 29.1 Å². The Balaban J connectivity index is 2.02. The SMILES string of the molecule is C[C@@H]1CCCC[C@@H]1NC(=O)c1ccc(C(C)(C)C)cc1. The molecule has 2 nitrogen and oxygen atoms in total. The van der Waals surface area contributed by atoms with Crippen molar-refractivity contribution in [3.8, 4) is 0 Å². The zero-order chi connectivity index (χ0) is 14.8. The number of hydrogen-bond acceptors (Lipinski definition) is 1. The zero-order valence-electron chi connectivity index (χ0n) is 13.2. The molecule has 1 amide bonds. The number of amides is 1. The summed E-state index contributed by atoms with van der Waals surface area (Å²) in [6.07, 6.45) is 4.88. The lowest BCUT2D eigenvalue weighted by molar-refractivity contribution is 0.0910. The van der Waals surface area contributed by atoms with Crippen molar-refractivity contribution in [3.05, 3.63) is 35.4 Å². The number of hydrogen-bond donors (Lipinski definition) is 1. The summed E-state index contributed by atoms with van der Waals surface area (Å²) >= 11 is 0. The van der Waals surface area contributed by atoms with Crippen LogP contribution in [0.5, 0.6) is 0 Å². The van der Waals surface area contributed by atoms with Gasteiger partial charge in [-0.05, 0) is 41.9 Å². The van der Waals surface area contributed by atoms with Crippen molar-refractivity contribution in [2.75, 3.05) is 0 Å². The molecule has 1 fully saturated rings. The highest BCUT2D eigenvalue weighted by Crippen LogP contribution is 2.25. The van der Waals surface area contributed by atoms with Crippen LogP contribution < -0.4 is 5.32 Å². The van der Waals surface area contributed by atoms with Crippen molar-refractivity contribution in [1.82, 2.24) is 5.32 Å². The number of carbonyl (C=O) groups excluding carboxylic acids is 1. The lowest BCUT2D eigenvalue weighted by Crippen LogP contribution is -2.41. The molecule has 20 heavy (non-hydrogen) atoms. The van der Waals surface area contributed by atoms with Crippen LogP contribution in [-0.2, 0) is 5.41 Å². The highest BCUT2D eigenvalue weighted by Gasteiger charge is 2.23. The van der Waals surface area contributed by atoms with Gasteiger partial charge in [-0.15, -0.1) is 0 Å². The van der Waals surface area contributed by atoms with E-state index < -0.39 is 0 Å². The van der Waals surface area contributed by atoms with E-state index >= 15 is 0 Å². The van der Waals surface area contributed by atoms with Crippen molar-refractivity contribution in [2.45, 2.75) is 64.8 Å². The fraction of sp³-hybridized carbons (Fsp3) is 0.611. The fourth-order valence-corrected chi connectivity index (χ4v) is 2.90. The molecule has 110 valence electrons. The molecule has 0 unspecified atom stereocenters. The van der Waals surface area contributed by atoms with Gasteiger partial charge >= 0.3 is 0 Å². The smallest absolute Gasteiger partial charge is 0.251 e. The molecule has 1 aromatic carbocycles. The third kappa shape index (κ3) is 3.62. The Morgan fingerprint density at radius 2 is 1.70 bits per heavy atom. The van der Waals surface area contributed by atoms with Gasteiger partial charge in [0.15, 0.2) is 0 Å². The van der Waals surface area contributed by atoms with Gasteiger partial charge in [-0.1, -0.05) is 52.7 Å². The van der Waals surface area contributed by atoms with Crippen LogP contribution >= 0.6 is 0 Å². The van der Waals surface area contributed by atoms with Crippen LogP contribution in [0, 0.1) is 5.92 Å². The molecular formula is C18H27NO. The maximum atomic E-state index is 12.3. The molecule has 1 aliphatic rings. The monoisotopic (exact) mass is 273 g/mol. The second kappa shape index (κ2) is 5.99. The Hall–Kier alpha value is -1.31. The fourth-order valence-electron chi connectivity index (χ4n) is 2.90. The Morgan fingerprint density at radius 3 is 2.25 bits per heavy atom. The summed E-state index contributed by atoms with van der Waals surface area (Å²) in [5, 5.41) is 3.20. The molecule has 0 bridgehead atoms. The van der Waals surface area contributed by atoms with Gasteiger partial charge in [-0.2, -0.15) is 0 Å². The van der Waals surface area contributed by atoms with Crippen molar-refractivity contribution < 1.29 is 4.79 Å². The first-order valence-electron chi connectivity index (χ1n) is 7.79. The molecule has 2 heteroatoms. The lowest BCUT2D eigenvalue weighted by Gasteiger charge is -2.29. The summed E-state index contributed by atoms with van der Waals surface area (Å²) in [7, 11) is 0. The van der Waals surface area contributed by atoms with Crippen LogP contribution in [0.2, 0.25) is 0 Å². The minimum Gasteiger partial charge on any atom is -0.349 e. The number of carbonyl (C=O) groups is 1. The maximum absolute atomic E-state index is 12.3. The summed E-state index contributed by atoms with van der Waals surface area (Å²) < 4.78 is 0. The molecule has 0 heterocycles. The molecule has 0 aromatic heterocycles. The molecule has 1 N–H and O–H groups in total. The van der Waals surface area contributed by atoms with Crippen LogP contribution in [-0.4, -0.2) is 11.9 Å². The van der Waals surface area contributed by atoms with Gasteiger partial charge in [0.1, 0.15) is 0 Å². The van der Waals surface area contributed by atoms with Gasteiger partial charge in [-0.3, -0.25) is 4.79 Å². The predicted octanol–water partition coefficient (Wildman–Crippen LogP) is 4.29. The molecule has 0 saturated heterocycles. The highest BCUT2D eigenvalue weighted by atomic mass is 16.1. The van der Waals surface area contributed by atoms with E-state index in [-0.39, 0.29) is 11.3 Å². The van der Waals surface area contributed by atoms with E-state index in [0.717, 1.165) is 12.0 Å². The lowest BCUT2D eigenvalue weighted by atomic mass is 9.85. The summed E-state index contributed by atoms with van der Waals surface area (Å²) in [5.74, 6) is 0.672. The van der Waals surface area contributed by atoms with E-state index in [1.165, 1.54) is 24.8 Å². The molecule has 2 rings (SSSR count). The molecule has 1 aromatic rings. The van der Waals surface area contributed by atoms with E-state index in [9.17, 15) is 4.79 Å². The maximum Gasteiger partial charge on any atom is 0.251 e. The third-order valence-corrected chi connectivity index (χ3v) is 4.44. The van der Waals surface area contributed by atoms with Gasteiger partial charge in [0.2, 0.25) is 0 Å². The summed E-state index contributed by atoms with van der Waals surface area (Å²) in [4.78, 5) is 12.3. The standard InChI is InChI=1S/C18H27NO/c1-13-7-5-6-8-16(13)19-17(20)14-9-11-15(12-10-14)18(2,3)4/h9-13,16H,5-8H2,1-4H3,(H,19,20)/t13-,16+/m1/s1. The molecule has 0 aliphatic heterocycles. The van der Waals surface area contributed by atoms with Gasteiger partial charge < -0.3 is 5.32 Å². The molecule has 1 saturated carbocycles. The average Bonchev–Trinajstić information content (AvgIpc) is 2.40. The summed E-state index contributed by atoms with van der Waals surface area (Å²) in [6.45, 7) is 8.80. The molecule has 0 radical (unpaired) electrons. The minimum absolute atomic E-state index is 0.0733. The number of nitrogens with one attached hydrogen (secondary N) is 1. The quantitative estimate of drug-likeness (QED) is 0.855. The second-order valence-electron chi connectivity index (χ2n) is 7.17. The van der Waals surface area contributed by atoms with Crippen molar-refractivity contribution >= 4 is 5.91 Å². The highest BCUT2D eigenvalue weighted by molar-refractivity contribution is 5.94. The van der Waals surface area contributed by atoms with Crippen molar-refractivity contribution in [1.29, 1.82) is 0 Å². The van der Waals surface area contributed by atoms with E-state index in [1.54, 1.807) is 0 Å². The predicted molar refractivity (Wildman–Crippen MR) is 84.0 cm³/mol. The summed E-state index contributed by atoms with van der Waals surface area (Å²) in [6, 6.07) is 8.38. The molecule has 1 aliphatic carbocycles. The third-order valence-electron chi connectivity index (χ3n) is 4.44. The first-order chi connectivity index (χ1) is 9.38. The van der Waals surface area contributed by atoms with E-state index in [0.29, 0.717) is 12.0 Å². The van der Waals surface area contributed by atoms with Crippen LogP contribution in [0.1, 0.15) is 69.3 Å². The largest absolute Gasteiger partial charge is 0.349 e. The number of rotatable bonds is 2. The Labute approximate surface area is 123 Å². The average molecular weight is 273 g/mol. The van der Waals surface area contributed by atoms with Gasteiger partial charge in [0.05, 0.1) is 0 Å². The van der Waals surface area contributed by atoms with Crippen molar-refractivity contribution in [3.63, 3.8) is 0 Å². The normalized spacial score (nSPS) is 23.4. The van der Waals surface area contributed by atoms with Crippen LogP contribution in [0.25, 0.3) is 0 Å². The van der Waals surface area contributed by atoms with Crippen LogP contribution in [0.4, 0.5) is 0 Å². The second-order valence-corrected chi connectivity index (χ2v) is 7.17. The Bertz CT molecular complexity index is 455. The van der Waals surface area contributed by atoms with Crippen molar-refractivity contribution in [2.24, 2.45) is 5.92 Å². The molecular weight excluding hydrogens is 246 g/mol. The van der Waals surface area contributed by atoms with Crippen LogP contribution in [0.15, 0.2) is 24.3 Å². The number of benzene rings is 1. The van der Waals surface area contributed by atoms with Gasteiger partial charge in [-0.25, -0.2) is 0 Å².